The second-order valence-electron chi connectivity index (χ2n) is 7.58. The van der Waals surface area contributed by atoms with Crippen LogP contribution in [0.1, 0.15) is 38.2 Å². The Morgan fingerprint density at radius 2 is 2.04 bits per heavy atom. The molecule has 138 valence electrons. The molecule has 5 heteroatoms. The van der Waals surface area contributed by atoms with Crippen molar-refractivity contribution in [1.29, 1.82) is 0 Å². The van der Waals surface area contributed by atoms with Crippen molar-refractivity contribution in [2.75, 3.05) is 31.6 Å². The molecule has 1 saturated carbocycles. The van der Waals surface area contributed by atoms with Crippen LogP contribution in [0.2, 0.25) is 0 Å². The Morgan fingerprint density at radius 3 is 2.76 bits per heavy atom. The third-order valence-corrected chi connectivity index (χ3v) is 5.95. The van der Waals surface area contributed by atoms with Crippen LogP contribution >= 0.6 is 0 Å². The molecule has 1 aliphatic heterocycles. The average molecular weight is 345 g/mol. The Kier molecular flexibility index (Phi) is 5.84. The van der Waals surface area contributed by atoms with Gasteiger partial charge < -0.3 is 20.2 Å². The second kappa shape index (κ2) is 8.09. The van der Waals surface area contributed by atoms with Gasteiger partial charge in [-0.25, -0.2) is 4.79 Å². The molecule has 1 unspecified atom stereocenters. The van der Waals surface area contributed by atoms with Gasteiger partial charge in [0.05, 0.1) is 0 Å². The van der Waals surface area contributed by atoms with E-state index in [1.54, 1.807) is 0 Å². The van der Waals surface area contributed by atoms with Crippen LogP contribution in [0, 0.1) is 5.92 Å². The fourth-order valence-electron chi connectivity index (χ4n) is 4.17. The maximum Gasteiger partial charge on any atom is 0.317 e. The van der Waals surface area contributed by atoms with Crippen molar-refractivity contribution in [2.24, 2.45) is 5.92 Å². The molecule has 0 aromatic heterocycles. The van der Waals surface area contributed by atoms with E-state index >= 15 is 0 Å². The molecule has 1 aromatic carbocycles. The molecule has 0 bridgehead atoms. The Hall–Kier alpha value is -1.75. The maximum atomic E-state index is 12.5. The minimum absolute atomic E-state index is 0.0202. The van der Waals surface area contributed by atoms with Crippen molar-refractivity contribution < 1.29 is 9.90 Å². The van der Waals surface area contributed by atoms with E-state index in [2.05, 4.69) is 41.4 Å². The smallest absolute Gasteiger partial charge is 0.317 e. The minimum atomic E-state index is 0.0202. The van der Waals surface area contributed by atoms with Gasteiger partial charge in [-0.2, -0.15) is 0 Å². The lowest BCUT2D eigenvalue weighted by molar-refractivity contribution is 0.134. The fraction of sp³-hybridized carbons (Fsp3) is 0.650. The number of aliphatic hydroxyl groups is 1. The van der Waals surface area contributed by atoms with E-state index in [0.717, 1.165) is 38.6 Å². The molecule has 5 nitrogen and oxygen atoms in total. The van der Waals surface area contributed by atoms with Gasteiger partial charge in [0.1, 0.15) is 0 Å². The van der Waals surface area contributed by atoms with E-state index in [-0.39, 0.29) is 18.7 Å². The maximum absolute atomic E-state index is 12.5. The fourth-order valence-corrected chi connectivity index (χ4v) is 4.17. The number of aliphatic hydroxyl groups excluding tert-OH is 1. The number of carbonyl (C=O) groups excluding carboxylic acids is 1. The summed E-state index contributed by atoms with van der Waals surface area (Å²) in [6.45, 7) is 4.13. The number of fused-ring (bicyclic) bond motifs is 1. The van der Waals surface area contributed by atoms with Gasteiger partial charge in [0.2, 0.25) is 0 Å². The summed E-state index contributed by atoms with van der Waals surface area (Å²) in [5.41, 5.74) is 2.71. The molecule has 3 rings (SSSR count). The molecule has 1 aliphatic carbocycles. The van der Waals surface area contributed by atoms with Crippen LogP contribution in [0.15, 0.2) is 24.3 Å². The Bertz CT molecular complexity index is 584. The monoisotopic (exact) mass is 345 g/mol. The highest BCUT2D eigenvalue weighted by Crippen LogP contribution is 2.29. The zero-order valence-electron chi connectivity index (χ0n) is 15.4. The highest BCUT2D eigenvalue weighted by molar-refractivity contribution is 5.74. The van der Waals surface area contributed by atoms with Gasteiger partial charge in [-0.05, 0) is 56.6 Å². The number of para-hydroxylation sites is 1. The van der Waals surface area contributed by atoms with Crippen LogP contribution in [0.3, 0.4) is 0 Å². The SMILES string of the molecule is CC(CNC(=O)N(C)C1CCC(CO)CC1)N1CCc2ccccc21. The van der Waals surface area contributed by atoms with E-state index < -0.39 is 0 Å². The lowest BCUT2D eigenvalue weighted by Gasteiger charge is -2.35. The van der Waals surface area contributed by atoms with E-state index in [1.807, 2.05) is 11.9 Å². The van der Waals surface area contributed by atoms with Crippen molar-refractivity contribution in [3.63, 3.8) is 0 Å². The van der Waals surface area contributed by atoms with Crippen molar-refractivity contribution in [3.05, 3.63) is 29.8 Å². The molecule has 1 heterocycles. The van der Waals surface area contributed by atoms with Crippen molar-refractivity contribution in [1.82, 2.24) is 10.2 Å². The zero-order chi connectivity index (χ0) is 17.8. The van der Waals surface area contributed by atoms with Gasteiger partial charge >= 0.3 is 6.03 Å². The van der Waals surface area contributed by atoms with Crippen LogP contribution in [0.4, 0.5) is 10.5 Å². The number of hydrogen-bond donors (Lipinski definition) is 2. The van der Waals surface area contributed by atoms with Crippen molar-refractivity contribution in [3.8, 4) is 0 Å². The highest BCUT2D eigenvalue weighted by atomic mass is 16.3. The number of nitrogens with zero attached hydrogens (tertiary/aromatic N) is 2. The molecule has 1 atom stereocenters. The largest absolute Gasteiger partial charge is 0.396 e. The quantitative estimate of drug-likeness (QED) is 0.862. The van der Waals surface area contributed by atoms with E-state index in [1.165, 1.54) is 11.3 Å². The van der Waals surface area contributed by atoms with E-state index in [4.69, 9.17) is 0 Å². The van der Waals surface area contributed by atoms with Gasteiger partial charge in [0.25, 0.3) is 0 Å². The van der Waals surface area contributed by atoms with Gasteiger partial charge in [-0.15, -0.1) is 0 Å². The predicted molar refractivity (Wildman–Crippen MR) is 101 cm³/mol. The summed E-state index contributed by atoms with van der Waals surface area (Å²) in [7, 11) is 1.90. The Morgan fingerprint density at radius 1 is 1.32 bits per heavy atom. The van der Waals surface area contributed by atoms with Gasteiger partial charge in [-0.1, -0.05) is 18.2 Å². The van der Waals surface area contributed by atoms with Crippen LogP contribution < -0.4 is 10.2 Å². The number of benzene rings is 1. The number of urea groups is 1. The normalized spacial score (nSPS) is 23.9. The number of amides is 2. The molecule has 2 amide bonds. The lowest BCUT2D eigenvalue weighted by Crippen LogP contribution is -2.49. The third-order valence-electron chi connectivity index (χ3n) is 5.95. The van der Waals surface area contributed by atoms with E-state index in [9.17, 15) is 9.90 Å². The average Bonchev–Trinajstić information content (AvgIpc) is 3.09. The minimum Gasteiger partial charge on any atom is -0.396 e. The Labute approximate surface area is 151 Å². The molecule has 0 spiro atoms. The number of nitrogens with one attached hydrogen (secondary N) is 1. The van der Waals surface area contributed by atoms with Crippen LogP contribution in [-0.2, 0) is 6.42 Å². The first-order chi connectivity index (χ1) is 12.1. The first-order valence-corrected chi connectivity index (χ1v) is 9.56. The molecule has 1 aromatic rings. The Balaban J connectivity index is 1.47. The predicted octanol–water partition coefficient (Wildman–Crippen LogP) is 2.63. The summed E-state index contributed by atoms with van der Waals surface area (Å²) in [4.78, 5) is 16.8. The summed E-state index contributed by atoms with van der Waals surface area (Å²) < 4.78 is 0. The summed E-state index contributed by atoms with van der Waals surface area (Å²) in [6.07, 6.45) is 5.09. The summed E-state index contributed by atoms with van der Waals surface area (Å²) >= 11 is 0. The van der Waals surface area contributed by atoms with Crippen LogP contribution in [0.5, 0.6) is 0 Å². The second-order valence-corrected chi connectivity index (χ2v) is 7.58. The summed E-state index contributed by atoms with van der Waals surface area (Å²) in [5.74, 6) is 0.419. The molecule has 0 radical (unpaired) electrons. The van der Waals surface area contributed by atoms with Crippen LogP contribution in [0.25, 0.3) is 0 Å². The van der Waals surface area contributed by atoms with E-state index in [0.29, 0.717) is 18.5 Å². The number of anilines is 1. The van der Waals surface area contributed by atoms with Gasteiger partial charge in [0, 0.05) is 44.5 Å². The first kappa shape index (κ1) is 18.1. The molecular formula is C20H31N3O2. The number of carbonyl (C=O) groups is 1. The molecule has 0 saturated heterocycles. The molecular weight excluding hydrogens is 314 g/mol. The molecule has 1 fully saturated rings. The first-order valence-electron chi connectivity index (χ1n) is 9.56. The topological polar surface area (TPSA) is 55.8 Å². The number of hydrogen-bond acceptors (Lipinski definition) is 3. The lowest BCUT2D eigenvalue weighted by atomic mass is 9.86. The zero-order valence-corrected chi connectivity index (χ0v) is 15.4. The van der Waals surface area contributed by atoms with Crippen molar-refractivity contribution >= 4 is 11.7 Å². The number of rotatable bonds is 5. The van der Waals surface area contributed by atoms with Gasteiger partial charge in [-0.3, -0.25) is 0 Å². The van der Waals surface area contributed by atoms with Gasteiger partial charge in [0.15, 0.2) is 0 Å². The van der Waals surface area contributed by atoms with Crippen molar-refractivity contribution in [2.45, 2.75) is 51.1 Å². The highest BCUT2D eigenvalue weighted by Gasteiger charge is 2.27. The molecule has 2 aliphatic rings. The summed E-state index contributed by atoms with van der Waals surface area (Å²) in [6, 6.07) is 9.14. The standard InChI is InChI=1S/C20H31N3O2/c1-15(23-12-11-17-5-3-4-6-19(17)23)13-21-20(25)22(2)18-9-7-16(14-24)8-10-18/h3-6,15-16,18,24H,7-14H2,1-2H3,(H,21,25). The molecule has 25 heavy (non-hydrogen) atoms. The third kappa shape index (κ3) is 4.09. The molecule has 2 N–H and O–H groups in total. The summed E-state index contributed by atoms with van der Waals surface area (Å²) in [5, 5.41) is 12.4. The van der Waals surface area contributed by atoms with Crippen LogP contribution in [-0.4, -0.2) is 54.9 Å².